The van der Waals surface area contributed by atoms with Crippen molar-refractivity contribution in [2.24, 2.45) is 0 Å². The third kappa shape index (κ3) is 3.89. The molecule has 0 radical (unpaired) electrons. The molecule has 0 N–H and O–H groups in total. The number of halogens is 3. The molecule has 1 aromatic rings. The predicted molar refractivity (Wildman–Crippen MR) is 74.8 cm³/mol. The molecule has 0 unspecified atom stereocenters. The molecule has 0 aliphatic carbocycles. The van der Waals surface area contributed by atoms with Gasteiger partial charge in [0.1, 0.15) is 5.75 Å². The lowest BCUT2D eigenvalue weighted by Gasteiger charge is -2.32. The first-order chi connectivity index (χ1) is 9.02. The fraction of sp³-hybridized carbons (Fsp3) is 0.571. The Bertz CT molecular complexity index is 429. The fourth-order valence-electron chi connectivity index (χ4n) is 2.24. The lowest BCUT2D eigenvalue weighted by atomic mass is 10.1. The molecular formula is C14H18BrF2NO. The van der Waals surface area contributed by atoms with Crippen LogP contribution in [0.15, 0.2) is 22.7 Å². The number of benzene rings is 1. The largest absolute Gasteiger partial charge is 0.494 e. The molecule has 0 aromatic heterocycles. The average Bonchev–Trinajstić information content (AvgIpc) is 2.36. The van der Waals surface area contributed by atoms with Gasteiger partial charge in [-0.1, -0.05) is 22.0 Å². The van der Waals surface area contributed by atoms with Crippen LogP contribution >= 0.6 is 15.9 Å². The van der Waals surface area contributed by atoms with E-state index < -0.39 is 5.92 Å². The van der Waals surface area contributed by atoms with Crippen molar-refractivity contribution in [2.45, 2.75) is 32.2 Å². The van der Waals surface area contributed by atoms with Gasteiger partial charge < -0.3 is 4.74 Å². The topological polar surface area (TPSA) is 12.5 Å². The highest BCUT2D eigenvalue weighted by atomic mass is 79.9. The lowest BCUT2D eigenvalue weighted by Crippen LogP contribution is -2.38. The van der Waals surface area contributed by atoms with E-state index in [2.05, 4.69) is 20.8 Å². The quantitative estimate of drug-likeness (QED) is 0.823. The predicted octanol–water partition coefficient (Wildman–Crippen LogP) is 4.08. The number of rotatable bonds is 4. The maximum Gasteiger partial charge on any atom is 0.250 e. The van der Waals surface area contributed by atoms with E-state index in [0.29, 0.717) is 26.2 Å². The van der Waals surface area contributed by atoms with E-state index in [4.69, 9.17) is 4.74 Å². The Morgan fingerprint density at radius 2 is 2.00 bits per heavy atom. The Kier molecular flexibility index (Phi) is 4.79. The second-order valence-electron chi connectivity index (χ2n) is 4.78. The second kappa shape index (κ2) is 6.18. The number of nitrogens with zero attached hydrogens (tertiary/aromatic N) is 1. The summed E-state index contributed by atoms with van der Waals surface area (Å²) in [5, 5.41) is 0. The number of hydrogen-bond donors (Lipinski definition) is 0. The summed E-state index contributed by atoms with van der Waals surface area (Å²) in [4.78, 5) is 2.06. The Labute approximate surface area is 120 Å². The molecule has 2 nitrogen and oxygen atoms in total. The monoisotopic (exact) mass is 333 g/mol. The first-order valence-electron chi connectivity index (χ1n) is 6.52. The van der Waals surface area contributed by atoms with Gasteiger partial charge in [0.25, 0.3) is 5.92 Å². The molecule has 0 amide bonds. The van der Waals surface area contributed by atoms with Gasteiger partial charge in [0.15, 0.2) is 0 Å². The van der Waals surface area contributed by atoms with Crippen LogP contribution < -0.4 is 4.74 Å². The van der Waals surface area contributed by atoms with E-state index in [-0.39, 0.29) is 12.8 Å². The van der Waals surface area contributed by atoms with Crippen molar-refractivity contribution in [3.63, 3.8) is 0 Å². The highest BCUT2D eigenvalue weighted by Gasteiger charge is 2.34. The van der Waals surface area contributed by atoms with Gasteiger partial charge >= 0.3 is 0 Å². The third-order valence-electron chi connectivity index (χ3n) is 3.35. The summed E-state index contributed by atoms with van der Waals surface area (Å²) in [7, 11) is 0. The number of ether oxygens (including phenoxy) is 1. The molecule has 0 atom stereocenters. The minimum Gasteiger partial charge on any atom is -0.494 e. The second-order valence-corrected chi connectivity index (χ2v) is 5.64. The van der Waals surface area contributed by atoms with Crippen molar-refractivity contribution >= 4 is 15.9 Å². The van der Waals surface area contributed by atoms with Gasteiger partial charge in [0.05, 0.1) is 6.61 Å². The molecule has 0 bridgehead atoms. The van der Waals surface area contributed by atoms with Gasteiger partial charge in [-0.25, -0.2) is 8.78 Å². The minimum atomic E-state index is -2.49. The fourth-order valence-corrected chi connectivity index (χ4v) is 2.72. The van der Waals surface area contributed by atoms with Crippen LogP contribution in [0, 0.1) is 0 Å². The number of piperidine rings is 1. The van der Waals surface area contributed by atoms with Crippen molar-refractivity contribution in [3.05, 3.63) is 28.2 Å². The number of hydrogen-bond acceptors (Lipinski definition) is 2. The first-order valence-corrected chi connectivity index (χ1v) is 7.31. The van der Waals surface area contributed by atoms with Crippen LogP contribution in [0.1, 0.15) is 25.3 Å². The van der Waals surface area contributed by atoms with Crippen LogP contribution in [-0.2, 0) is 6.54 Å². The van der Waals surface area contributed by atoms with Crippen LogP contribution in [0.3, 0.4) is 0 Å². The van der Waals surface area contributed by atoms with Crippen molar-refractivity contribution in [3.8, 4) is 5.75 Å². The maximum atomic E-state index is 13.1. The Hall–Kier alpha value is -0.680. The van der Waals surface area contributed by atoms with Crippen molar-refractivity contribution < 1.29 is 13.5 Å². The molecule has 2 rings (SSSR count). The Balaban J connectivity index is 2.07. The molecular weight excluding hydrogens is 316 g/mol. The molecule has 1 saturated heterocycles. The van der Waals surface area contributed by atoms with E-state index >= 15 is 0 Å². The minimum absolute atomic E-state index is 0.0541. The van der Waals surface area contributed by atoms with E-state index in [9.17, 15) is 8.78 Å². The molecule has 106 valence electrons. The molecule has 1 aliphatic rings. The standard InChI is InChI=1S/C14H18BrF2NO/c1-2-19-13-5-3-4-12(15)11(13)10-18-8-6-14(16,17)7-9-18/h3-5H,2,6-10H2,1H3. The average molecular weight is 334 g/mol. The van der Waals surface area contributed by atoms with Crippen molar-refractivity contribution in [1.82, 2.24) is 4.90 Å². The molecule has 0 saturated carbocycles. The maximum absolute atomic E-state index is 13.1. The van der Waals surface area contributed by atoms with Crippen LogP contribution in [0.5, 0.6) is 5.75 Å². The molecule has 1 aromatic carbocycles. The summed E-state index contributed by atoms with van der Waals surface area (Å²) in [6, 6.07) is 5.79. The molecule has 1 heterocycles. The molecule has 1 fully saturated rings. The van der Waals surface area contributed by atoms with Gasteiger partial charge in [0.2, 0.25) is 0 Å². The number of likely N-dealkylation sites (tertiary alicyclic amines) is 1. The van der Waals surface area contributed by atoms with Crippen molar-refractivity contribution in [1.29, 1.82) is 0 Å². The highest BCUT2D eigenvalue weighted by molar-refractivity contribution is 9.10. The summed E-state index contributed by atoms with van der Waals surface area (Å²) in [5.74, 6) is -1.66. The Morgan fingerprint density at radius 1 is 1.32 bits per heavy atom. The van der Waals surface area contributed by atoms with Crippen LogP contribution in [0.4, 0.5) is 8.78 Å². The van der Waals surface area contributed by atoms with Crippen LogP contribution in [0.25, 0.3) is 0 Å². The Morgan fingerprint density at radius 3 is 2.63 bits per heavy atom. The SMILES string of the molecule is CCOc1cccc(Br)c1CN1CCC(F)(F)CC1. The lowest BCUT2D eigenvalue weighted by molar-refractivity contribution is -0.0567. The zero-order chi connectivity index (χ0) is 13.9. The zero-order valence-corrected chi connectivity index (χ0v) is 12.6. The normalized spacial score (nSPS) is 19.4. The summed E-state index contributed by atoms with van der Waals surface area (Å²) >= 11 is 3.51. The molecule has 5 heteroatoms. The number of alkyl halides is 2. The molecule has 1 aliphatic heterocycles. The van der Waals surface area contributed by atoms with Gasteiger partial charge in [-0.05, 0) is 19.1 Å². The molecule has 0 spiro atoms. The van der Waals surface area contributed by atoms with Gasteiger partial charge in [-0.15, -0.1) is 0 Å². The third-order valence-corrected chi connectivity index (χ3v) is 4.09. The van der Waals surface area contributed by atoms with Gasteiger partial charge in [-0.3, -0.25) is 4.90 Å². The van der Waals surface area contributed by atoms with E-state index in [1.165, 1.54) is 0 Å². The van der Waals surface area contributed by atoms with Gasteiger partial charge in [-0.2, -0.15) is 0 Å². The zero-order valence-electron chi connectivity index (χ0n) is 11.0. The van der Waals surface area contributed by atoms with E-state index in [0.717, 1.165) is 15.8 Å². The van der Waals surface area contributed by atoms with Crippen LogP contribution in [-0.4, -0.2) is 30.5 Å². The summed E-state index contributed by atoms with van der Waals surface area (Å²) < 4.78 is 32.8. The van der Waals surface area contributed by atoms with Crippen LogP contribution in [0.2, 0.25) is 0 Å². The van der Waals surface area contributed by atoms with E-state index in [1.54, 1.807) is 0 Å². The highest BCUT2D eigenvalue weighted by Crippen LogP contribution is 2.32. The van der Waals surface area contributed by atoms with Crippen molar-refractivity contribution in [2.75, 3.05) is 19.7 Å². The smallest absolute Gasteiger partial charge is 0.250 e. The summed E-state index contributed by atoms with van der Waals surface area (Å²) in [5.41, 5.74) is 1.04. The molecule has 19 heavy (non-hydrogen) atoms. The van der Waals surface area contributed by atoms with Gasteiger partial charge in [0, 0.05) is 42.5 Å². The summed E-state index contributed by atoms with van der Waals surface area (Å²) in [6.45, 7) is 4.04. The summed E-state index contributed by atoms with van der Waals surface area (Å²) in [6.07, 6.45) is -0.108. The van der Waals surface area contributed by atoms with E-state index in [1.807, 2.05) is 25.1 Å². The first kappa shape index (κ1) is 14.7.